The molecule has 0 amide bonds. The van der Waals surface area contributed by atoms with Crippen molar-refractivity contribution in [3.05, 3.63) is 30.3 Å². The highest BCUT2D eigenvalue weighted by molar-refractivity contribution is 7.26. The molecule has 0 aliphatic heterocycles. The molecule has 0 saturated carbocycles. The highest BCUT2D eigenvalue weighted by atomic mass is 32.1. The van der Waals surface area contributed by atoms with Crippen LogP contribution in [0.25, 0.3) is 10.1 Å². The van der Waals surface area contributed by atoms with Crippen molar-refractivity contribution < 1.29 is 0 Å². The Bertz CT molecular complexity index is 318. The Kier molecular flexibility index (Phi) is 1.28. The molecule has 0 saturated heterocycles. The number of benzene rings is 1. The summed E-state index contributed by atoms with van der Waals surface area (Å²) < 4.78 is 2.78. The Balaban J connectivity index is 2.88. The van der Waals surface area contributed by atoms with Crippen LogP contribution in [0.3, 0.4) is 0 Å². The molecule has 0 N–H and O–H groups in total. The molecule has 48 valence electrons. The van der Waals surface area contributed by atoms with Crippen LogP contribution < -0.4 is 4.78 Å². The van der Waals surface area contributed by atoms with Crippen LogP contribution in [0.2, 0.25) is 0 Å². The van der Waals surface area contributed by atoms with E-state index in [1.807, 2.05) is 11.3 Å². The summed E-state index contributed by atoms with van der Waals surface area (Å²) in [6, 6.07) is 10.7. The van der Waals surface area contributed by atoms with E-state index in [-0.39, 0.29) is 0 Å². The van der Waals surface area contributed by atoms with E-state index in [0.717, 1.165) is 0 Å². The summed E-state index contributed by atoms with van der Waals surface area (Å²) in [7, 11) is 2.14. The van der Waals surface area contributed by atoms with Gasteiger partial charge in [-0.25, -0.2) is 0 Å². The van der Waals surface area contributed by atoms with Gasteiger partial charge in [-0.15, -0.1) is 0 Å². The molecule has 0 aliphatic carbocycles. The Morgan fingerprint density at radius 2 is 2.00 bits per heavy atom. The lowest BCUT2D eigenvalue weighted by atomic mass is 10.1. The minimum absolute atomic E-state index is 1.37. The maximum atomic E-state index is 2.22. The average Bonchev–Trinajstić information content (AvgIpc) is 2.27. The van der Waals surface area contributed by atoms with Crippen LogP contribution in [0.1, 0.15) is 0 Å². The van der Waals surface area contributed by atoms with Gasteiger partial charge in [-0.05, 0) is 16.2 Å². The van der Waals surface area contributed by atoms with Crippen LogP contribution in [-0.2, 0) is 0 Å². The van der Waals surface area contributed by atoms with Gasteiger partial charge >= 0.3 is 0 Å². The first-order valence-electron chi connectivity index (χ1n) is 3.31. The third-order valence-electron chi connectivity index (χ3n) is 1.55. The van der Waals surface area contributed by atoms with Gasteiger partial charge in [-0.3, -0.25) is 0 Å². The molecule has 1 heterocycles. The van der Waals surface area contributed by atoms with E-state index in [1.54, 1.807) is 0 Å². The number of thiophene rings is 1. The molecule has 0 unspecified atom stereocenters. The van der Waals surface area contributed by atoms with E-state index in [2.05, 4.69) is 38.2 Å². The third kappa shape index (κ3) is 0.849. The van der Waals surface area contributed by atoms with Crippen molar-refractivity contribution in [2.45, 2.75) is 0 Å². The summed E-state index contributed by atoms with van der Waals surface area (Å²) in [5, 5.41) is 1.37. The predicted octanol–water partition coefficient (Wildman–Crippen LogP) is 1.16. The van der Waals surface area contributed by atoms with Crippen molar-refractivity contribution in [1.29, 1.82) is 0 Å². The van der Waals surface area contributed by atoms with E-state index in [4.69, 9.17) is 0 Å². The molecule has 2 heteroatoms. The van der Waals surface area contributed by atoms with Crippen LogP contribution in [0.15, 0.2) is 30.3 Å². The topological polar surface area (TPSA) is 0 Å². The maximum Gasteiger partial charge on any atom is 0.152 e. The number of hydrogen-bond acceptors (Lipinski definition) is 1. The zero-order chi connectivity index (χ0) is 6.97. The van der Waals surface area contributed by atoms with Crippen LogP contribution in [0.5, 0.6) is 0 Å². The molecular weight excluding hydrogens is 139 g/mol. The Hall–Kier alpha value is -0.755. The molecule has 0 nitrogen and oxygen atoms in total. The van der Waals surface area contributed by atoms with E-state index in [9.17, 15) is 0 Å². The van der Waals surface area contributed by atoms with Crippen LogP contribution >= 0.6 is 11.3 Å². The minimum atomic E-state index is 1.37. The van der Waals surface area contributed by atoms with Gasteiger partial charge in [0.2, 0.25) is 0 Å². The Labute approximate surface area is 64.9 Å². The Morgan fingerprint density at radius 1 is 1.20 bits per heavy atom. The van der Waals surface area contributed by atoms with E-state index in [0.29, 0.717) is 0 Å². The summed E-state index contributed by atoms with van der Waals surface area (Å²) in [4.78, 5) is 0. The highest BCUT2D eigenvalue weighted by Crippen LogP contribution is 2.16. The molecule has 0 atom stereocenters. The monoisotopic (exact) mass is 146 g/mol. The molecule has 0 bridgehead atoms. The molecular formula is C8H7BS. The van der Waals surface area contributed by atoms with E-state index < -0.39 is 0 Å². The molecule has 1 aromatic heterocycles. The summed E-state index contributed by atoms with van der Waals surface area (Å²) in [5.74, 6) is 0. The normalized spacial score (nSPS) is 10.4. The lowest BCUT2D eigenvalue weighted by Gasteiger charge is -1.82. The zero-order valence-electron chi connectivity index (χ0n) is 5.79. The second-order valence-corrected chi connectivity index (χ2v) is 3.68. The van der Waals surface area contributed by atoms with Crippen LogP contribution in [-0.4, -0.2) is 7.85 Å². The van der Waals surface area contributed by atoms with E-state index >= 15 is 0 Å². The van der Waals surface area contributed by atoms with Crippen molar-refractivity contribution >= 4 is 34.0 Å². The molecule has 2 rings (SSSR count). The largest absolute Gasteiger partial charge is 0.152 e. The van der Waals surface area contributed by atoms with Crippen LogP contribution in [0.4, 0.5) is 0 Å². The second-order valence-electron chi connectivity index (χ2n) is 2.39. The smallest absolute Gasteiger partial charge is 0.151 e. The maximum absolute atomic E-state index is 2.22. The van der Waals surface area contributed by atoms with Gasteiger partial charge in [0.1, 0.15) is 0 Å². The number of hydrogen-bond donors (Lipinski definition) is 0. The quantitative estimate of drug-likeness (QED) is 0.489. The summed E-state index contributed by atoms with van der Waals surface area (Å²) in [5.41, 5.74) is 0. The summed E-state index contributed by atoms with van der Waals surface area (Å²) in [6.45, 7) is 0. The molecule has 0 fully saturated rings. The van der Waals surface area contributed by atoms with Crippen molar-refractivity contribution in [3.8, 4) is 0 Å². The first-order chi connectivity index (χ1) is 4.86. The average molecular weight is 146 g/mol. The zero-order valence-corrected chi connectivity index (χ0v) is 6.61. The standard InChI is InChI=1S/C8H7BS/c9-8-5-6-3-1-2-4-7(6)10-8/h1-5H,9H2. The SMILES string of the molecule is Bc1cc2ccccc2s1. The van der Waals surface area contributed by atoms with Crippen LogP contribution in [0, 0.1) is 0 Å². The van der Waals surface area contributed by atoms with Gasteiger partial charge in [0.25, 0.3) is 0 Å². The minimum Gasteiger partial charge on any atom is -0.151 e. The lowest BCUT2D eigenvalue weighted by Crippen LogP contribution is -1.88. The molecule has 0 spiro atoms. The van der Waals surface area contributed by atoms with Gasteiger partial charge < -0.3 is 0 Å². The van der Waals surface area contributed by atoms with Gasteiger partial charge in [-0.2, -0.15) is 11.3 Å². The molecule has 2 aromatic rings. The number of rotatable bonds is 0. The molecule has 10 heavy (non-hydrogen) atoms. The third-order valence-corrected chi connectivity index (χ3v) is 2.58. The fraction of sp³-hybridized carbons (Fsp3) is 0. The summed E-state index contributed by atoms with van der Waals surface area (Å²) in [6.07, 6.45) is 0. The molecule has 0 aliphatic rings. The molecule has 1 aromatic carbocycles. The van der Waals surface area contributed by atoms with Gasteiger partial charge in [-0.1, -0.05) is 24.3 Å². The predicted molar refractivity (Wildman–Crippen MR) is 50.0 cm³/mol. The Morgan fingerprint density at radius 3 is 2.80 bits per heavy atom. The van der Waals surface area contributed by atoms with E-state index in [1.165, 1.54) is 14.9 Å². The van der Waals surface area contributed by atoms with Crippen molar-refractivity contribution in [2.75, 3.05) is 0 Å². The molecule has 0 radical (unpaired) electrons. The highest BCUT2D eigenvalue weighted by Gasteiger charge is 1.93. The first-order valence-corrected chi connectivity index (χ1v) is 4.13. The van der Waals surface area contributed by atoms with Gasteiger partial charge in [0, 0.05) is 4.70 Å². The fourth-order valence-corrected chi connectivity index (χ4v) is 2.04. The first kappa shape index (κ1) is 5.99. The van der Waals surface area contributed by atoms with Crippen molar-refractivity contribution in [3.63, 3.8) is 0 Å². The number of fused-ring (bicyclic) bond motifs is 1. The van der Waals surface area contributed by atoms with Crippen molar-refractivity contribution in [1.82, 2.24) is 0 Å². The summed E-state index contributed by atoms with van der Waals surface area (Å²) >= 11 is 1.85. The van der Waals surface area contributed by atoms with Gasteiger partial charge in [0.05, 0.1) is 0 Å². The fourth-order valence-electron chi connectivity index (χ4n) is 1.11. The van der Waals surface area contributed by atoms with Crippen molar-refractivity contribution in [2.24, 2.45) is 0 Å². The lowest BCUT2D eigenvalue weighted by molar-refractivity contribution is 1.86. The second kappa shape index (κ2) is 2.13. The van der Waals surface area contributed by atoms with Gasteiger partial charge in [0.15, 0.2) is 7.85 Å².